The van der Waals surface area contributed by atoms with Crippen LogP contribution in [0.4, 0.5) is 0 Å². The Morgan fingerprint density at radius 2 is 1.81 bits per heavy atom. The van der Waals surface area contributed by atoms with Gasteiger partial charge in [-0.2, -0.15) is 4.31 Å². The van der Waals surface area contributed by atoms with Crippen LogP contribution in [0, 0.1) is 0 Å². The number of nitrogens with zero attached hydrogens (tertiary/aromatic N) is 1. The van der Waals surface area contributed by atoms with E-state index in [1.165, 1.54) is 29.6 Å². The summed E-state index contributed by atoms with van der Waals surface area (Å²) in [7, 11) is -0.352. The normalized spacial score (nSPS) is 15.6. The average Bonchev–Trinajstić information content (AvgIpc) is 2.91. The molecule has 1 amide bonds. The van der Waals surface area contributed by atoms with Gasteiger partial charge in [-0.25, -0.2) is 8.42 Å². The zero-order valence-electron chi connectivity index (χ0n) is 15.3. The summed E-state index contributed by atoms with van der Waals surface area (Å²) in [5, 5.41) is 5.69. The summed E-state index contributed by atoms with van der Waals surface area (Å²) in [5.74, 6) is 0.0109. The molecule has 1 aliphatic heterocycles. The number of benzene rings is 1. The third-order valence-corrected chi connectivity index (χ3v) is 6.17. The van der Waals surface area contributed by atoms with E-state index in [1.807, 2.05) is 0 Å². The standard InChI is InChI=1S/C17H27N3O4S.ClH/c1-18-9-10-19-17(21)15-13-14(7-8-16(15)24-2)25(22,23)20-11-5-3-4-6-12-20;/h7-8,13,18H,3-6,9-12H2,1-2H3,(H,19,21);1H. The molecule has 7 nitrogen and oxygen atoms in total. The number of amides is 1. The highest BCUT2D eigenvalue weighted by Gasteiger charge is 2.27. The summed E-state index contributed by atoms with van der Waals surface area (Å²) in [5.41, 5.74) is 0.231. The van der Waals surface area contributed by atoms with Crippen LogP contribution in [-0.2, 0) is 10.0 Å². The molecule has 0 bridgehead atoms. The molecule has 0 radical (unpaired) electrons. The number of ether oxygens (including phenoxy) is 1. The molecule has 26 heavy (non-hydrogen) atoms. The first-order valence-corrected chi connectivity index (χ1v) is 10.1. The van der Waals surface area contributed by atoms with Crippen LogP contribution >= 0.6 is 12.4 Å². The minimum Gasteiger partial charge on any atom is -0.496 e. The van der Waals surface area contributed by atoms with Crippen LogP contribution < -0.4 is 15.4 Å². The molecule has 2 N–H and O–H groups in total. The molecule has 1 aromatic carbocycles. The van der Waals surface area contributed by atoms with Crippen molar-refractivity contribution in [2.24, 2.45) is 0 Å². The molecule has 1 saturated heterocycles. The predicted octanol–water partition coefficient (Wildman–Crippen LogP) is 1.63. The highest BCUT2D eigenvalue weighted by molar-refractivity contribution is 7.89. The van der Waals surface area contributed by atoms with E-state index in [-0.39, 0.29) is 28.8 Å². The van der Waals surface area contributed by atoms with Crippen molar-refractivity contribution in [1.82, 2.24) is 14.9 Å². The fourth-order valence-electron chi connectivity index (χ4n) is 2.85. The number of carbonyl (C=O) groups excluding carboxylic acids is 1. The van der Waals surface area contributed by atoms with Gasteiger partial charge >= 0.3 is 0 Å². The van der Waals surface area contributed by atoms with Crippen LogP contribution in [0.25, 0.3) is 0 Å². The molecule has 1 fully saturated rings. The van der Waals surface area contributed by atoms with E-state index in [9.17, 15) is 13.2 Å². The minimum atomic E-state index is -3.61. The number of sulfonamides is 1. The van der Waals surface area contributed by atoms with E-state index in [0.717, 1.165) is 25.7 Å². The molecule has 0 atom stereocenters. The number of hydrogen-bond donors (Lipinski definition) is 2. The Morgan fingerprint density at radius 1 is 1.15 bits per heavy atom. The lowest BCUT2D eigenvalue weighted by atomic mass is 10.2. The first-order chi connectivity index (χ1) is 12.0. The topological polar surface area (TPSA) is 87.7 Å². The lowest BCUT2D eigenvalue weighted by molar-refractivity contribution is 0.0951. The molecule has 0 spiro atoms. The molecule has 1 aromatic rings. The van der Waals surface area contributed by atoms with Crippen molar-refractivity contribution in [2.45, 2.75) is 30.6 Å². The van der Waals surface area contributed by atoms with E-state index in [4.69, 9.17) is 4.74 Å². The Bertz CT molecular complexity index is 689. The van der Waals surface area contributed by atoms with E-state index in [2.05, 4.69) is 10.6 Å². The van der Waals surface area contributed by atoms with Crippen molar-refractivity contribution in [3.8, 4) is 5.75 Å². The average molecular weight is 406 g/mol. The van der Waals surface area contributed by atoms with Crippen molar-refractivity contribution in [3.63, 3.8) is 0 Å². The van der Waals surface area contributed by atoms with Crippen LogP contribution in [0.2, 0.25) is 0 Å². The third kappa shape index (κ3) is 5.57. The maximum atomic E-state index is 12.9. The Hall–Kier alpha value is -1.35. The number of rotatable bonds is 7. The quantitative estimate of drug-likeness (QED) is 0.673. The highest BCUT2D eigenvalue weighted by Crippen LogP contribution is 2.26. The Morgan fingerprint density at radius 3 is 2.38 bits per heavy atom. The van der Waals surface area contributed by atoms with Gasteiger partial charge in [-0.3, -0.25) is 4.79 Å². The molecule has 0 aliphatic carbocycles. The van der Waals surface area contributed by atoms with Crippen LogP contribution in [0.3, 0.4) is 0 Å². The number of carbonyl (C=O) groups is 1. The molecular weight excluding hydrogens is 378 g/mol. The summed E-state index contributed by atoms with van der Waals surface area (Å²) in [6.07, 6.45) is 3.83. The summed E-state index contributed by atoms with van der Waals surface area (Å²) < 4.78 is 32.6. The highest BCUT2D eigenvalue weighted by atomic mass is 35.5. The van der Waals surface area contributed by atoms with Crippen molar-refractivity contribution in [1.29, 1.82) is 0 Å². The first-order valence-electron chi connectivity index (χ1n) is 8.61. The van der Waals surface area contributed by atoms with E-state index >= 15 is 0 Å². The summed E-state index contributed by atoms with van der Waals surface area (Å²) >= 11 is 0. The van der Waals surface area contributed by atoms with Gasteiger partial charge in [0.05, 0.1) is 17.6 Å². The number of methoxy groups -OCH3 is 1. The number of likely N-dealkylation sites (N-methyl/N-ethyl adjacent to an activating group) is 1. The van der Waals surface area contributed by atoms with Crippen molar-refractivity contribution < 1.29 is 17.9 Å². The fourth-order valence-corrected chi connectivity index (χ4v) is 4.40. The Labute approximate surface area is 161 Å². The molecule has 1 heterocycles. The van der Waals surface area contributed by atoms with Crippen LogP contribution in [0.1, 0.15) is 36.0 Å². The van der Waals surface area contributed by atoms with E-state index in [1.54, 1.807) is 7.05 Å². The van der Waals surface area contributed by atoms with Gasteiger partial charge in [-0.05, 0) is 38.1 Å². The lowest BCUT2D eigenvalue weighted by Crippen LogP contribution is -2.33. The van der Waals surface area contributed by atoms with Gasteiger partial charge in [-0.15, -0.1) is 12.4 Å². The fraction of sp³-hybridized carbons (Fsp3) is 0.588. The summed E-state index contributed by atoms with van der Waals surface area (Å²) in [6.45, 7) is 2.12. The number of nitrogens with one attached hydrogen (secondary N) is 2. The van der Waals surface area contributed by atoms with Gasteiger partial charge in [-0.1, -0.05) is 12.8 Å². The minimum absolute atomic E-state index is 0. The molecule has 0 saturated carbocycles. The van der Waals surface area contributed by atoms with Gasteiger partial charge in [0.25, 0.3) is 5.91 Å². The van der Waals surface area contributed by atoms with Gasteiger partial charge in [0.2, 0.25) is 10.0 Å². The second-order valence-corrected chi connectivity index (χ2v) is 7.98. The molecule has 0 aromatic heterocycles. The van der Waals surface area contributed by atoms with Gasteiger partial charge in [0.1, 0.15) is 5.75 Å². The Balaban J connectivity index is 0.00000338. The summed E-state index contributed by atoms with van der Waals surface area (Å²) in [6, 6.07) is 4.45. The zero-order chi connectivity index (χ0) is 18.3. The van der Waals surface area contributed by atoms with Gasteiger partial charge < -0.3 is 15.4 Å². The van der Waals surface area contributed by atoms with Crippen LogP contribution in [0.15, 0.2) is 23.1 Å². The van der Waals surface area contributed by atoms with Crippen molar-refractivity contribution >= 4 is 28.3 Å². The molecule has 148 valence electrons. The molecule has 2 rings (SSSR count). The Kier molecular flexibility index (Phi) is 9.35. The van der Waals surface area contributed by atoms with Crippen LogP contribution in [-0.4, -0.2) is 59.0 Å². The number of halogens is 1. The lowest BCUT2D eigenvalue weighted by Gasteiger charge is -2.20. The number of hydrogen-bond acceptors (Lipinski definition) is 5. The molecule has 9 heteroatoms. The van der Waals surface area contributed by atoms with Gasteiger partial charge in [0, 0.05) is 26.2 Å². The monoisotopic (exact) mass is 405 g/mol. The maximum Gasteiger partial charge on any atom is 0.255 e. The smallest absolute Gasteiger partial charge is 0.255 e. The zero-order valence-corrected chi connectivity index (χ0v) is 16.9. The maximum absolute atomic E-state index is 12.9. The SMILES string of the molecule is CNCCNC(=O)c1cc(S(=O)(=O)N2CCCCCC2)ccc1OC.Cl. The van der Waals surface area contributed by atoms with Crippen LogP contribution in [0.5, 0.6) is 5.75 Å². The van der Waals surface area contributed by atoms with Crippen molar-refractivity contribution in [2.75, 3.05) is 40.3 Å². The molecular formula is C17H28ClN3O4S. The van der Waals surface area contributed by atoms with E-state index in [0.29, 0.717) is 31.9 Å². The second-order valence-electron chi connectivity index (χ2n) is 6.04. The third-order valence-electron chi connectivity index (χ3n) is 4.28. The predicted molar refractivity (Wildman–Crippen MR) is 104 cm³/mol. The molecule has 0 unspecified atom stereocenters. The largest absolute Gasteiger partial charge is 0.496 e. The van der Waals surface area contributed by atoms with Gasteiger partial charge in [0.15, 0.2) is 0 Å². The first kappa shape index (κ1) is 22.7. The van der Waals surface area contributed by atoms with E-state index < -0.39 is 10.0 Å². The summed E-state index contributed by atoms with van der Waals surface area (Å²) in [4.78, 5) is 12.5. The van der Waals surface area contributed by atoms with Crippen molar-refractivity contribution in [3.05, 3.63) is 23.8 Å². The second kappa shape index (κ2) is 10.7. The molecule has 1 aliphatic rings.